The van der Waals surface area contributed by atoms with Crippen molar-refractivity contribution in [3.8, 4) is 5.75 Å². The van der Waals surface area contributed by atoms with Crippen LogP contribution in [0.15, 0.2) is 54.6 Å². The first-order valence-corrected chi connectivity index (χ1v) is 8.69. The molecule has 2 aromatic carbocycles. The molecule has 0 saturated carbocycles. The maximum Gasteiger partial charge on any atom is 0.255 e. The monoisotopic (exact) mass is 349 g/mol. The third-order valence-corrected chi connectivity index (χ3v) is 4.08. The lowest BCUT2D eigenvalue weighted by atomic mass is 10.1. The summed E-state index contributed by atoms with van der Waals surface area (Å²) in [4.78, 5) is 12.4. The third kappa shape index (κ3) is 4.30. The van der Waals surface area contributed by atoms with Gasteiger partial charge in [0.05, 0.1) is 18.8 Å². The Morgan fingerprint density at radius 2 is 1.77 bits per heavy atom. The van der Waals surface area contributed by atoms with Crippen LogP contribution in [0.25, 0.3) is 0 Å². The van der Waals surface area contributed by atoms with Gasteiger partial charge in [-0.25, -0.2) is 0 Å². The van der Waals surface area contributed by atoms with E-state index in [-0.39, 0.29) is 5.91 Å². The first-order chi connectivity index (χ1) is 12.5. The second kappa shape index (κ2) is 7.87. The van der Waals surface area contributed by atoms with Gasteiger partial charge in [0.1, 0.15) is 5.75 Å². The number of benzene rings is 2. The van der Waals surface area contributed by atoms with Gasteiger partial charge in [-0.3, -0.25) is 9.48 Å². The number of nitrogens with zero attached hydrogens (tertiary/aromatic N) is 2. The number of hydrogen-bond acceptors (Lipinski definition) is 3. The topological polar surface area (TPSA) is 56.1 Å². The zero-order valence-corrected chi connectivity index (χ0v) is 15.3. The van der Waals surface area contributed by atoms with Gasteiger partial charge in [-0.15, -0.1) is 0 Å². The minimum atomic E-state index is -0.133. The number of ether oxygens (including phenoxy) is 1. The molecule has 0 unspecified atom stereocenters. The Bertz CT molecular complexity index is 881. The Labute approximate surface area is 153 Å². The van der Waals surface area contributed by atoms with Crippen molar-refractivity contribution in [2.75, 3.05) is 11.9 Å². The summed E-state index contributed by atoms with van der Waals surface area (Å²) < 4.78 is 7.37. The number of aryl methyl sites for hydroxylation is 2. The number of rotatable bonds is 6. The first-order valence-electron chi connectivity index (χ1n) is 8.69. The Balaban J connectivity index is 1.64. The number of carbonyl (C=O) groups excluding carboxylic acids is 1. The highest BCUT2D eigenvalue weighted by Gasteiger charge is 2.07. The van der Waals surface area contributed by atoms with Crippen LogP contribution in [-0.4, -0.2) is 22.3 Å². The number of anilines is 1. The molecule has 0 bridgehead atoms. The fraction of sp³-hybridized carbons (Fsp3) is 0.238. The van der Waals surface area contributed by atoms with Gasteiger partial charge in [0, 0.05) is 16.9 Å². The number of aromatic nitrogens is 2. The quantitative estimate of drug-likeness (QED) is 0.726. The van der Waals surface area contributed by atoms with E-state index in [1.807, 2.05) is 74.0 Å². The van der Waals surface area contributed by atoms with E-state index in [4.69, 9.17) is 4.74 Å². The van der Waals surface area contributed by atoms with E-state index in [0.717, 1.165) is 28.4 Å². The molecule has 1 amide bonds. The Morgan fingerprint density at radius 3 is 2.35 bits per heavy atom. The summed E-state index contributed by atoms with van der Waals surface area (Å²) in [6.07, 6.45) is 0. The van der Waals surface area contributed by atoms with Crippen LogP contribution in [0.3, 0.4) is 0 Å². The smallest absolute Gasteiger partial charge is 0.255 e. The second-order valence-electron chi connectivity index (χ2n) is 6.19. The van der Waals surface area contributed by atoms with Crippen molar-refractivity contribution in [1.82, 2.24) is 9.78 Å². The summed E-state index contributed by atoms with van der Waals surface area (Å²) in [6, 6.07) is 17.0. The van der Waals surface area contributed by atoms with Gasteiger partial charge in [0.2, 0.25) is 0 Å². The van der Waals surface area contributed by atoms with Crippen molar-refractivity contribution < 1.29 is 9.53 Å². The van der Waals surface area contributed by atoms with Crippen molar-refractivity contribution >= 4 is 11.6 Å². The van der Waals surface area contributed by atoms with Gasteiger partial charge < -0.3 is 10.1 Å². The molecule has 0 radical (unpaired) electrons. The van der Waals surface area contributed by atoms with Crippen molar-refractivity contribution in [2.24, 2.45) is 0 Å². The molecule has 0 spiro atoms. The molecule has 0 fully saturated rings. The van der Waals surface area contributed by atoms with Gasteiger partial charge in [0.25, 0.3) is 5.91 Å². The van der Waals surface area contributed by atoms with Crippen molar-refractivity contribution in [3.63, 3.8) is 0 Å². The van der Waals surface area contributed by atoms with Gasteiger partial charge in [-0.1, -0.05) is 12.1 Å². The lowest BCUT2D eigenvalue weighted by Gasteiger charge is -2.08. The third-order valence-electron chi connectivity index (χ3n) is 4.08. The Hall–Kier alpha value is -3.08. The largest absolute Gasteiger partial charge is 0.494 e. The number of hydrogen-bond donors (Lipinski definition) is 1. The molecule has 5 heteroatoms. The van der Waals surface area contributed by atoms with Crippen molar-refractivity contribution in [3.05, 3.63) is 77.1 Å². The number of nitrogens with one attached hydrogen (secondary N) is 1. The van der Waals surface area contributed by atoms with Crippen LogP contribution in [0, 0.1) is 13.8 Å². The molecule has 0 aliphatic carbocycles. The van der Waals surface area contributed by atoms with Crippen LogP contribution in [0.1, 0.15) is 34.2 Å². The van der Waals surface area contributed by atoms with E-state index < -0.39 is 0 Å². The van der Waals surface area contributed by atoms with E-state index in [1.54, 1.807) is 0 Å². The molecule has 3 aromatic rings. The van der Waals surface area contributed by atoms with Crippen molar-refractivity contribution in [2.45, 2.75) is 27.3 Å². The summed E-state index contributed by atoms with van der Waals surface area (Å²) in [7, 11) is 0. The van der Waals surface area contributed by atoms with Crippen LogP contribution >= 0.6 is 0 Å². The van der Waals surface area contributed by atoms with E-state index in [1.165, 1.54) is 0 Å². The zero-order valence-electron chi connectivity index (χ0n) is 15.3. The average molecular weight is 349 g/mol. The fourth-order valence-electron chi connectivity index (χ4n) is 2.77. The van der Waals surface area contributed by atoms with Crippen molar-refractivity contribution in [1.29, 1.82) is 0 Å². The average Bonchev–Trinajstić information content (AvgIpc) is 2.94. The molecule has 26 heavy (non-hydrogen) atoms. The summed E-state index contributed by atoms with van der Waals surface area (Å²) in [6.45, 7) is 7.28. The normalized spacial score (nSPS) is 10.6. The van der Waals surface area contributed by atoms with Gasteiger partial charge in [-0.2, -0.15) is 5.10 Å². The predicted molar refractivity (Wildman–Crippen MR) is 103 cm³/mol. The SMILES string of the molecule is CCOc1ccc(NC(=O)c2ccc(Cn3nc(C)cc3C)cc2)cc1. The zero-order chi connectivity index (χ0) is 18.5. The maximum atomic E-state index is 12.4. The Morgan fingerprint density at radius 1 is 1.08 bits per heavy atom. The molecule has 1 N–H and O–H groups in total. The predicted octanol–water partition coefficient (Wildman–Crippen LogP) is 4.20. The highest BCUT2D eigenvalue weighted by molar-refractivity contribution is 6.04. The minimum Gasteiger partial charge on any atom is -0.494 e. The molecular weight excluding hydrogens is 326 g/mol. The number of carbonyl (C=O) groups is 1. The highest BCUT2D eigenvalue weighted by atomic mass is 16.5. The van der Waals surface area contributed by atoms with E-state index in [2.05, 4.69) is 16.5 Å². The van der Waals surface area contributed by atoms with E-state index in [0.29, 0.717) is 18.7 Å². The molecule has 134 valence electrons. The lowest BCUT2D eigenvalue weighted by Crippen LogP contribution is -2.12. The molecule has 3 rings (SSSR count). The highest BCUT2D eigenvalue weighted by Crippen LogP contribution is 2.17. The lowest BCUT2D eigenvalue weighted by molar-refractivity contribution is 0.102. The van der Waals surface area contributed by atoms with Crippen LogP contribution in [-0.2, 0) is 6.54 Å². The molecular formula is C21H23N3O2. The van der Waals surface area contributed by atoms with E-state index in [9.17, 15) is 4.79 Å². The van der Waals surface area contributed by atoms with Crippen LogP contribution in [0.5, 0.6) is 5.75 Å². The molecule has 0 aliphatic rings. The van der Waals surface area contributed by atoms with Crippen LogP contribution in [0.4, 0.5) is 5.69 Å². The van der Waals surface area contributed by atoms with E-state index >= 15 is 0 Å². The first kappa shape index (κ1) is 17.7. The van der Waals surface area contributed by atoms with Gasteiger partial charge in [0.15, 0.2) is 0 Å². The standard InChI is InChI=1S/C21H23N3O2/c1-4-26-20-11-9-19(10-12-20)22-21(25)18-7-5-17(6-8-18)14-24-16(3)13-15(2)23-24/h5-13H,4,14H2,1-3H3,(H,22,25). The summed E-state index contributed by atoms with van der Waals surface area (Å²) in [5.74, 6) is 0.658. The fourth-order valence-corrected chi connectivity index (χ4v) is 2.77. The van der Waals surface area contributed by atoms with Crippen LogP contribution in [0.2, 0.25) is 0 Å². The number of amides is 1. The molecule has 1 heterocycles. The van der Waals surface area contributed by atoms with Crippen LogP contribution < -0.4 is 10.1 Å². The molecule has 5 nitrogen and oxygen atoms in total. The van der Waals surface area contributed by atoms with Gasteiger partial charge in [-0.05, 0) is 68.8 Å². The van der Waals surface area contributed by atoms with Gasteiger partial charge >= 0.3 is 0 Å². The maximum absolute atomic E-state index is 12.4. The summed E-state index contributed by atoms with van der Waals surface area (Å²) in [5.41, 5.74) is 4.60. The molecule has 0 atom stereocenters. The molecule has 1 aromatic heterocycles. The second-order valence-corrected chi connectivity index (χ2v) is 6.19. The minimum absolute atomic E-state index is 0.133. The summed E-state index contributed by atoms with van der Waals surface area (Å²) in [5, 5.41) is 7.36. The Kier molecular flexibility index (Phi) is 5.37. The molecule has 0 saturated heterocycles. The summed E-state index contributed by atoms with van der Waals surface area (Å²) >= 11 is 0. The molecule has 0 aliphatic heterocycles.